The second-order valence-corrected chi connectivity index (χ2v) is 17.1. The molecule has 0 bridgehead atoms. The van der Waals surface area contributed by atoms with E-state index in [1.807, 2.05) is 12.2 Å². The second-order valence-electron chi connectivity index (χ2n) is 10.4. The zero-order chi connectivity index (χ0) is 27.9. The maximum atomic E-state index is 10.0. The maximum Gasteiger partial charge on any atom is -0.0771 e. The van der Waals surface area contributed by atoms with Gasteiger partial charge in [-0.2, -0.15) is 6.08 Å². The summed E-state index contributed by atoms with van der Waals surface area (Å²) in [5.41, 5.74) is -1.17. The molecule has 0 spiro atoms. The Hall–Kier alpha value is -2.34. The molecule has 1 aliphatic rings. The number of hydrogen-bond acceptors (Lipinski definition) is 2. The predicted octanol–water partition coefficient (Wildman–Crippen LogP) is 8.04. The molecule has 4 nitrogen and oxygen atoms in total. The summed E-state index contributed by atoms with van der Waals surface area (Å²) >= 11 is 2.27. The number of fused-ring (bicyclic) bond motifs is 3. The van der Waals surface area contributed by atoms with Crippen molar-refractivity contribution in [3.8, 4) is 0 Å². The van der Waals surface area contributed by atoms with E-state index in [0.717, 1.165) is 6.42 Å². The maximum absolute atomic E-state index is 10.0. The molecule has 0 aliphatic heterocycles. The van der Waals surface area contributed by atoms with Crippen LogP contribution in [0.15, 0.2) is 72.8 Å². The van der Waals surface area contributed by atoms with E-state index in [4.69, 9.17) is 10.2 Å². The van der Waals surface area contributed by atoms with Gasteiger partial charge in [0.15, 0.2) is 0 Å². The summed E-state index contributed by atoms with van der Waals surface area (Å²) < 4.78 is 0. The van der Waals surface area contributed by atoms with Crippen LogP contribution in [0.4, 0.5) is 0 Å². The molecule has 0 aromatic heterocycles. The van der Waals surface area contributed by atoms with Gasteiger partial charge in [-0.3, -0.25) is 15.7 Å². The number of carboxylic acid groups (broad SMARTS) is 2. The Morgan fingerprint density at radius 1 is 0.833 bits per heavy atom. The van der Waals surface area contributed by atoms with Crippen molar-refractivity contribution in [1.29, 1.82) is 0 Å². The Morgan fingerprint density at radius 3 is 1.39 bits per heavy atom. The summed E-state index contributed by atoms with van der Waals surface area (Å²) in [6.07, 6.45) is 10.1. The Morgan fingerprint density at radius 2 is 1.17 bits per heavy atom. The Kier molecular flexibility index (Phi) is 15.3. The molecule has 0 amide bonds. The summed E-state index contributed by atoms with van der Waals surface area (Å²) in [6.45, 7) is 14.5. The van der Waals surface area contributed by atoms with Gasteiger partial charge in [0.25, 0.3) is 0 Å². The number of aliphatic carboxylic acids is 2. The van der Waals surface area contributed by atoms with E-state index in [0.29, 0.717) is 0 Å². The number of benzene rings is 2. The first-order valence-electron chi connectivity index (χ1n) is 11.8. The molecule has 0 saturated carbocycles. The molecular formula is C30H40O4SiTi. The van der Waals surface area contributed by atoms with Gasteiger partial charge >= 0.3 is 50.4 Å². The Balaban J connectivity index is 0.000000462. The van der Waals surface area contributed by atoms with Crippen molar-refractivity contribution >= 4 is 39.7 Å². The third-order valence-corrected chi connectivity index (χ3v) is 4.39. The number of allylic oxidation sites excluding steroid dienone is 4. The van der Waals surface area contributed by atoms with Gasteiger partial charge < -0.3 is 10.2 Å². The monoisotopic (exact) mass is 540 g/mol. The van der Waals surface area contributed by atoms with Crippen LogP contribution in [0, 0.1) is 16.9 Å². The van der Waals surface area contributed by atoms with Crippen LogP contribution in [0.5, 0.6) is 0 Å². The summed E-state index contributed by atoms with van der Waals surface area (Å²) in [6, 6.07) is 19.3. The average Bonchev–Trinajstić information content (AvgIpc) is 3.44. The number of hydrogen-bond donors (Lipinski definition) is 2. The van der Waals surface area contributed by atoms with Crippen LogP contribution in [0.25, 0.3) is 21.5 Å². The van der Waals surface area contributed by atoms with Gasteiger partial charge in [0.05, 0.1) is 10.8 Å². The minimum atomic E-state index is -0.757. The topological polar surface area (TPSA) is 74.6 Å². The first kappa shape index (κ1) is 33.7. The molecule has 0 saturated heterocycles. The summed E-state index contributed by atoms with van der Waals surface area (Å²) in [7, 11) is 0. The van der Waals surface area contributed by atoms with E-state index in [9.17, 15) is 9.59 Å². The van der Waals surface area contributed by atoms with Crippen LogP contribution < -0.4 is 0 Å². The van der Waals surface area contributed by atoms with Gasteiger partial charge in [-0.1, -0.05) is 36.4 Å². The van der Waals surface area contributed by atoms with Crippen LogP contribution in [0.2, 0.25) is 13.1 Å². The molecule has 0 atom stereocenters. The fourth-order valence-electron chi connectivity index (χ4n) is 2.24. The molecule has 1 aliphatic carbocycles. The van der Waals surface area contributed by atoms with Gasteiger partial charge in [0.1, 0.15) is 0 Å². The van der Waals surface area contributed by atoms with Gasteiger partial charge in [0.2, 0.25) is 0 Å². The third kappa shape index (κ3) is 14.9. The fraction of sp³-hybridized carbons (Fsp3) is 0.367. The summed E-state index contributed by atoms with van der Waals surface area (Å²) in [4.78, 5) is 20.0. The first-order chi connectivity index (χ1) is 16.6. The largest absolute Gasteiger partial charge is 0.273 e. The van der Waals surface area contributed by atoms with Crippen molar-refractivity contribution in [1.82, 2.24) is 0 Å². The second kappa shape index (κ2) is 16.4. The zero-order valence-corrected chi connectivity index (χ0v) is 25.4. The molecule has 36 heavy (non-hydrogen) atoms. The van der Waals surface area contributed by atoms with Crippen LogP contribution in [-0.4, -0.2) is 28.3 Å². The van der Waals surface area contributed by atoms with E-state index in [1.165, 1.54) is 21.5 Å². The van der Waals surface area contributed by atoms with Crippen molar-refractivity contribution in [3.63, 3.8) is 0 Å². The van der Waals surface area contributed by atoms with Gasteiger partial charge in [-0.25, -0.2) is 12.2 Å². The van der Waals surface area contributed by atoms with Crippen molar-refractivity contribution in [2.75, 3.05) is 0 Å². The normalized spacial score (nSPS) is 11.6. The number of carboxylic acids is 2. The van der Waals surface area contributed by atoms with Crippen molar-refractivity contribution in [2.45, 2.75) is 61.1 Å². The quantitative estimate of drug-likeness (QED) is 0.224. The molecule has 0 unspecified atom stereocenters. The van der Waals surface area contributed by atoms with Crippen LogP contribution in [-0.2, 0) is 28.8 Å². The van der Waals surface area contributed by atoms with Gasteiger partial charge in [-0.05, 0) is 41.5 Å². The molecule has 2 N–H and O–H groups in total. The predicted molar refractivity (Wildman–Crippen MR) is 150 cm³/mol. The number of carbonyl (C=O) groups is 2. The Labute approximate surface area is 228 Å². The van der Waals surface area contributed by atoms with E-state index in [2.05, 4.69) is 99.0 Å². The van der Waals surface area contributed by atoms with Gasteiger partial charge in [0, 0.05) is 0 Å². The van der Waals surface area contributed by atoms with Crippen LogP contribution in [0.3, 0.4) is 0 Å². The van der Waals surface area contributed by atoms with E-state index >= 15 is 0 Å². The zero-order valence-electron chi connectivity index (χ0n) is 22.8. The first-order valence-corrected chi connectivity index (χ1v) is 16.6. The molecule has 4 rings (SSSR count). The van der Waals surface area contributed by atoms with E-state index in [-0.39, 0.29) is 6.19 Å². The minimum absolute atomic E-state index is 0.120. The van der Waals surface area contributed by atoms with Gasteiger partial charge in [-0.15, -0.1) is 46.2 Å². The standard InChI is InChI=1S/C13H9.2C5H10O2.C5H5.C2H6Si.Ti/c1-3-7-12-10(5-1)9-11-6-2-4-8-13(11)12;2*1-5(2,3)4(6)7;1-2-4-5-3-1;1-3-2;/h1-9H;2*1-3H3,(H,6,7);1-3H,4H2;1-2H3;/q-1;;;-1;;+2. The molecule has 0 radical (unpaired) electrons. The minimum Gasteiger partial charge on any atom is -0.273 e. The van der Waals surface area contributed by atoms with Crippen molar-refractivity contribution in [2.24, 2.45) is 10.8 Å². The molecule has 0 heterocycles. The molecule has 192 valence electrons. The van der Waals surface area contributed by atoms with Crippen molar-refractivity contribution in [3.05, 3.63) is 78.9 Å². The van der Waals surface area contributed by atoms with Crippen LogP contribution >= 0.6 is 0 Å². The third-order valence-electron chi connectivity index (χ3n) is 4.39. The summed E-state index contributed by atoms with van der Waals surface area (Å²) in [5, 5.41) is 21.9. The number of rotatable bonds is 0. The van der Waals surface area contributed by atoms with Crippen molar-refractivity contribution < 1.29 is 39.0 Å². The van der Waals surface area contributed by atoms with E-state index in [1.54, 1.807) is 41.5 Å². The summed E-state index contributed by atoms with van der Waals surface area (Å²) in [5.74, 6) is -1.51. The molecule has 3 aromatic rings. The molecule has 3 aromatic carbocycles. The van der Waals surface area contributed by atoms with Crippen LogP contribution in [0.1, 0.15) is 48.0 Å². The average molecular weight is 541 g/mol. The molecule has 6 heteroatoms. The Bertz CT molecular complexity index is 1090. The SMILES string of the molecule is CC(C)(C)C(=O)O.CC(C)(C)C(=O)O.C[Si](C)=[Ti+2].[C-]1=CC=CC1.c1ccc2c(c1)[cH-]c1ccccc12. The van der Waals surface area contributed by atoms with E-state index < -0.39 is 22.8 Å². The fourth-order valence-corrected chi connectivity index (χ4v) is 2.24. The smallest absolute Gasteiger partial charge is 0.0771 e. The molecule has 0 fully saturated rings. The molecular weight excluding hydrogens is 500 g/mol.